The second kappa shape index (κ2) is 4.75. The van der Waals surface area contributed by atoms with E-state index in [2.05, 4.69) is 9.97 Å². The first-order chi connectivity index (χ1) is 8.16. The fourth-order valence-corrected chi connectivity index (χ4v) is 1.32. The molecule has 0 saturated carbocycles. The summed E-state index contributed by atoms with van der Waals surface area (Å²) in [6, 6.07) is 4.26. The van der Waals surface area contributed by atoms with Gasteiger partial charge in [-0.2, -0.15) is 0 Å². The van der Waals surface area contributed by atoms with Crippen LogP contribution in [0, 0.1) is 10.1 Å². The molecule has 86 valence electrons. The highest BCUT2D eigenvalue weighted by Crippen LogP contribution is 2.28. The third-order valence-corrected chi connectivity index (χ3v) is 2.05. The molecule has 0 unspecified atom stereocenters. The zero-order chi connectivity index (χ0) is 12.3. The maximum absolute atomic E-state index is 10.7. The van der Waals surface area contributed by atoms with Gasteiger partial charge in [-0.05, 0) is 6.07 Å². The van der Waals surface area contributed by atoms with Crippen molar-refractivity contribution in [3.63, 3.8) is 0 Å². The lowest BCUT2D eigenvalue weighted by Crippen LogP contribution is -1.95. The lowest BCUT2D eigenvalue weighted by Gasteiger charge is -2.04. The molecule has 0 aromatic carbocycles. The van der Waals surface area contributed by atoms with Crippen LogP contribution >= 0.6 is 11.6 Å². The Morgan fingerprint density at radius 3 is 2.94 bits per heavy atom. The molecular weight excluding hydrogens is 246 g/mol. The third-order valence-electron chi connectivity index (χ3n) is 1.84. The number of nitro groups is 1. The Hall–Kier alpha value is -2.21. The van der Waals surface area contributed by atoms with E-state index < -0.39 is 4.92 Å². The number of nitrogens with zero attached hydrogens (tertiary/aromatic N) is 3. The van der Waals surface area contributed by atoms with Crippen LogP contribution in [0.4, 0.5) is 5.69 Å². The van der Waals surface area contributed by atoms with Gasteiger partial charge >= 0.3 is 5.69 Å². The van der Waals surface area contributed by atoms with Crippen LogP contribution in [0.25, 0.3) is 0 Å². The van der Waals surface area contributed by atoms with E-state index in [0.29, 0.717) is 10.8 Å². The van der Waals surface area contributed by atoms with E-state index in [1.807, 2.05) is 0 Å². The van der Waals surface area contributed by atoms with Crippen molar-refractivity contribution in [2.24, 2.45) is 0 Å². The molecule has 2 aromatic heterocycles. The van der Waals surface area contributed by atoms with Crippen LogP contribution in [0.5, 0.6) is 11.6 Å². The third kappa shape index (κ3) is 2.67. The first-order valence-electron chi connectivity index (χ1n) is 4.54. The number of pyridine rings is 2. The molecule has 7 heteroatoms. The van der Waals surface area contributed by atoms with E-state index in [0.717, 1.165) is 0 Å². The van der Waals surface area contributed by atoms with Crippen LogP contribution in [0.2, 0.25) is 5.02 Å². The predicted molar refractivity (Wildman–Crippen MR) is 60.2 cm³/mol. The molecular formula is C10H6ClN3O3. The Morgan fingerprint density at radius 2 is 2.24 bits per heavy atom. The molecule has 2 rings (SSSR count). The number of rotatable bonds is 3. The van der Waals surface area contributed by atoms with E-state index >= 15 is 0 Å². The van der Waals surface area contributed by atoms with Crippen LogP contribution in [-0.4, -0.2) is 14.9 Å². The quantitative estimate of drug-likeness (QED) is 0.619. The number of halogens is 1. The molecule has 2 heterocycles. The summed E-state index contributed by atoms with van der Waals surface area (Å²) in [6.07, 6.45) is 4.23. The van der Waals surface area contributed by atoms with Crippen LogP contribution in [0.1, 0.15) is 0 Å². The summed E-state index contributed by atoms with van der Waals surface area (Å²) in [4.78, 5) is 17.7. The van der Waals surface area contributed by atoms with Gasteiger partial charge in [0.15, 0.2) is 0 Å². The fourth-order valence-electron chi connectivity index (χ4n) is 1.16. The number of hydrogen-bond acceptors (Lipinski definition) is 5. The van der Waals surface area contributed by atoms with Gasteiger partial charge in [0.1, 0.15) is 5.75 Å². The largest absolute Gasteiger partial charge is 0.432 e. The van der Waals surface area contributed by atoms with E-state index in [-0.39, 0.29) is 11.6 Å². The molecule has 0 fully saturated rings. The normalized spacial score (nSPS) is 9.94. The molecule has 0 atom stereocenters. The van der Waals surface area contributed by atoms with E-state index in [1.165, 1.54) is 36.8 Å². The fraction of sp³-hybridized carbons (Fsp3) is 0. The highest BCUT2D eigenvalue weighted by atomic mass is 35.5. The lowest BCUT2D eigenvalue weighted by atomic mass is 10.4. The minimum Gasteiger partial charge on any atom is -0.432 e. The highest BCUT2D eigenvalue weighted by molar-refractivity contribution is 6.30. The molecule has 0 radical (unpaired) electrons. The van der Waals surface area contributed by atoms with Gasteiger partial charge < -0.3 is 4.74 Å². The topological polar surface area (TPSA) is 78.2 Å². The lowest BCUT2D eigenvalue weighted by molar-refractivity contribution is -0.386. The molecule has 0 aliphatic rings. The zero-order valence-electron chi connectivity index (χ0n) is 8.41. The van der Waals surface area contributed by atoms with Crippen molar-refractivity contribution in [3.05, 3.63) is 51.9 Å². The van der Waals surface area contributed by atoms with Gasteiger partial charge in [-0.1, -0.05) is 11.6 Å². The van der Waals surface area contributed by atoms with Crippen LogP contribution in [-0.2, 0) is 0 Å². The minimum atomic E-state index is -0.569. The molecule has 6 nitrogen and oxygen atoms in total. The second-order valence-electron chi connectivity index (χ2n) is 3.03. The Bertz CT molecular complexity index is 562. The molecule has 2 aromatic rings. The van der Waals surface area contributed by atoms with Gasteiger partial charge in [-0.3, -0.25) is 15.1 Å². The summed E-state index contributed by atoms with van der Waals surface area (Å²) < 4.78 is 5.25. The van der Waals surface area contributed by atoms with Gasteiger partial charge in [0, 0.05) is 24.5 Å². The molecule has 0 bridgehead atoms. The SMILES string of the molecule is O=[N+]([O-])c1cccnc1Oc1cncc(Cl)c1. The average Bonchev–Trinajstić information content (AvgIpc) is 2.29. The van der Waals surface area contributed by atoms with Gasteiger partial charge in [-0.15, -0.1) is 0 Å². The van der Waals surface area contributed by atoms with Crippen molar-refractivity contribution >= 4 is 17.3 Å². The molecule has 0 saturated heterocycles. The highest BCUT2D eigenvalue weighted by Gasteiger charge is 2.16. The van der Waals surface area contributed by atoms with Crippen LogP contribution in [0.15, 0.2) is 36.8 Å². The van der Waals surface area contributed by atoms with Gasteiger partial charge in [0.05, 0.1) is 16.1 Å². The Kier molecular flexibility index (Phi) is 3.15. The Morgan fingerprint density at radius 1 is 1.41 bits per heavy atom. The summed E-state index contributed by atoms with van der Waals surface area (Å²) in [5, 5.41) is 11.1. The van der Waals surface area contributed by atoms with E-state index in [4.69, 9.17) is 16.3 Å². The van der Waals surface area contributed by atoms with Crippen LogP contribution < -0.4 is 4.74 Å². The summed E-state index contributed by atoms with van der Waals surface area (Å²) in [5.74, 6) is 0.195. The Labute approximate surface area is 101 Å². The van der Waals surface area contributed by atoms with Gasteiger partial charge in [0.2, 0.25) is 0 Å². The molecule has 0 N–H and O–H groups in total. The zero-order valence-corrected chi connectivity index (χ0v) is 9.16. The predicted octanol–water partition coefficient (Wildman–Crippen LogP) is 2.83. The smallest absolute Gasteiger partial charge is 0.331 e. The summed E-state index contributed by atoms with van der Waals surface area (Å²) in [6.45, 7) is 0. The van der Waals surface area contributed by atoms with Crippen molar-refractivity contribution in [3.8, 4) is 11.6 Å². The standard InChI is InChI=1S/C10H6ClN3O3/c11-7-4-8(6-12-5-7)17-10-9(14(15)16)2-1-3-13-10/h1-6H. The maximum atomic E-state index is 10.7. The van der Waals surface area contributed by atoms with E-state index in [1.54, 1.807) is 0 Å². The van der Waals surface area contributed by atoms with E-state index in [9.17, 15) is 10.1 Å². The van der Waals surface area contributed by atoms with Crippen molar-refractivity contribution in [1.29, 1.82) is 0 Å². The van der Waals surface area contributed by atoms with Gasteiger partial charge in [0.25, 0.3) is 5.88 Å². The molecule has 0 spiro atoms. The molecule has 0 amide bonds. The first kappa shape index (κ1) is 11.3. The second-order valence-corrected chi connectivity index (χ2v) is 3.46. The molecule has 0 aliphatic carbocycles. The first-order valence-corrected chi connectivity index (χ1v) is 4.92. The van der Waals surface area contributed by atoms with Gasteiger partial charge in [-0.25, -0.2) is 4.98 Å². The van der Waals surface area contributed by atoms with Crippen molar-refractivity contribution in [2.45, 2.75) is 0 Å². The summed E-state index contributed by atoms with van der Waals surface area (Å²) >= 11 is 5.72. The number of ether oxygens (including phenoxy) is 1. The maximum Gasteiger partial charge on any atom is 0.331 e. The number of aromatic nitrogens is 2. The monoisotopic (exact) mass is 251 g/mol. The van der Waals surface area contributed by atoms with Crippen molar-refractivity contribution in [1.82, 2.24) is 9.97 Å². The minimum absolute atomic E-state index is 0.0958. The van der Waals surface area contributed by atoms with Crippen LogP contribution in [0.3, 0.4) is 0 Å². The summed E-state index contributed by atoms with van der Waals surface area (Å²) in [5.41, 5.74) is -0.215. The Balaban J connectivity index is 2.33. The number of hydrogen-bond donors (Lipinski definition) is 0. The summed E-state index contributed by atoms with van der Waals surface area (Å²) in [7, 11) is 0. The average molecular weight is 252 g/mol. The molecule has 17 heavy (non-hydrogen) atoms. The molecule has 0 aliphatic heterocycles. The van der Waals surface area contributed by atoms with Crippen molar-refractivity contribution < 1.29 is 9.66 Å². The van der Waals surface area contributed by atoms with Crippen molar-refractivity contribution in [2.75, 3.05) is 0 Å².